The quantitative estimate of drug-likeness (QED) is 0.475. The van der Waals surface area contributed by atoms with Gasteiger partial charge in [-0.05, 0) is 77.1 Å². The molecular formula is C25H38N2O. The third-order valence-electron chi connectivity index (χ3n) is 6.35. The Morgan fingerprint density at radius 3 is 2.86 bits per heavy atom. The minimum atomic E-state index is -0.166. The van der Waals surface area contributed by atoms with Gasteiger partial charge in [0.05, 0.1) is 6.10 Å². The van der Waals surface area contributed by atoms with Crippen LogP contribution in [0, 0.1) is 24.7 Å². The van der Waals surface area contributed by atoms with Gasteiger partial charge in [-0.2, -0.15) is 0 Å². The number of hydrogen-bond donors (Lipinski definition) is 2. The van der Waals surface area contributed by atoms with Crippen LogP contribution in [-0.2, 0) is 6.42 Å². The van der Waals surface area contributed by atoms with Crippen LogP contribution < -0.4 is 5.32 Å². The number of likely N-dealkylation sites (N-methyl/N-ethyl adjacent to an activating group) is 1. The predicted molar refractivity (Wildman–Crippen MR) is 118 cm³/mol. The van der Waals surface area contributed by atoms with Crippen molar-refractivity contribution in [1.82, 2.24) is 10.2 Å². The van der Waals surface area contributed by atoms with Crippen LogP contribution in [0.1, 0.15) is 36.8 Å². The maximum absolute atomic E-state index is 10.5. The average Bonchev–Trinajstić information content (AvgIpc) is 3.15. The van der Waals surface area contributed by atoms with E-state index in [4.69, 9.17) is 0 Å². The topological polar surface area (TPSA) is 35.5 Å². The molecule has 2 aliphatic rings. The molecule has 4 atom stereocenters. The molecular weight excluding hydrogens is 344 g/mol. The van der Waals surface area contributed by atoms with Gasteiger partial charge in [-0.25, -0.2) is 0 Å². The second kappa shape index (κ2) is 10.4. The van der Waals surface area contributed by atoms with Crippen molar-refractivity contribution in [3.63, 3.8) is 0 Å². The van der Waals surface area contributed by atoms with Crippen LogP contribution >= 0.6 is 0 Å². The van der Waals surface area contributed by atoms with Gasteiger partial charge in [0.15, 0.2) is 0 Å². The zero-order chi connectivity index (χ0) is 19.9. The first kappa shape index (κ1) is 21.3. The summed E-state index contributed by atoms with van der Waals surface area (Å²) in [4.78, 5) is 2.21. The molecule has 0 saturated heterocycles. The van der Waals surface area contributed by atoms with Gasteiger partial charge in [0.2, 0.25) is 0 Å². The van der Waals surface area contributed by atoms with Crippen LogP contribution in [0.3, 0.4) is 0 Å². The van der Waals surface area contributed by atoms with Crippen molar-refractivity contribution in [2.45, 2.75) is 45.1 Å². The van der Waals surface area contributed by atoms with E-state index in [0.717, 1.165) is 45.3 Å². The van der Waals surface area contributed by atoms with Crippen molar-refractivity contribution in [3.05, 3.63) is 59.2 Å². The molecule has 1 aromatic rings. The summed E-state index contributed by atoms with van der Waals surface area (Å²) in [7, 11) is 4.23. The summed E-state index contributed by atoms with van der Waals surface area (Å²) >= 11 is 0. The van der Waals surface area contributed by atoms with Crippen molar-refractivity contribution in [2.75, 3.05) is 33.7 Å². The maximum atomic E-state index is 10.5. The van der Waals surface area contributed by atoms with Gasteiger partial charge in [-0.1, -0.05) is 53.6 Å². The first-order chi connectivity index (χ1) is 13.5. The number of allylic oxidation sites excluding steroid dienone is 2. The van der Waals surface area contributed by atoms with Gasteiger partial charge in [0.25, 0.3) is 0 Å². The molecule has 0 bridgehead atoms. The summed E-state index contributed by atoms with van der Waals surface area (Å²) in [6.07, 6.45) is 12.3. The van der Waals surface area contributed by atoms with E-state index in [2.05, 4.69) is 73.7 Å². The number of aryl methyl sites for hydroxylation is 2. The Hall–Kier alpha value is -1.42. The number of aliphatic hydroxyl groups is 1. The second-order valence-corrected chi connectivity index (χ2v) is 9.00. The molecule has 0 unspecified atom stereocenters. The number of hydrogen-bond acceptors (Lipinski definition) is 3. The van der Waals surface area contributed by atoms with E-state index in [1.807, 2.05) is 0 Å². The molecule has 1 saturated carbocycles. The Bertz CT molecular complexity index is 679. The lowest BCUT2D eigenvalue weighted by atomic mass is 9.89. The zero-order valence-corrected chi connectivity index (χ0v) is 17.9. The highest BCUT2D eigenvalue weighted by molar-refractivity contribution is 5.23. The molecule has 154 valence electrons. The third kappa shape index (κ3) is 6.04. The molecule has 0 spiro atoms. The van der Waals surface area contributed by atoms with E-state index in [-0.39, 0.29) is 6.10 Å². The molecule has 0 radical (unpaired) electrons. The molecule has 0 amide bonds. The standard InChI is InChI=1S/C25H38N2O/c1-19-7-6-9-20(15-19)8-4-5-10-23-24-17-21(16-22(24)18-25(23)28)11-12-26-13-14-27(2)3/h5-7,9-10,15-16,22-26,28H,4,8,11-14,17-18H2,1-3H3/b10-5+/t22-,23+,24-,25+/m0/s1. The summed E-state index contributed by atoms with van der Waals surface area (Å²) in [6, 6.07) is 8.77. The maximum Gasteiger partial charge on any atom is 0.0611 e. The average molecular weight is 383 g/mol. The van der Waals surface area contributed by atoms with E-state index in [1.54, 1.807) is 5.57 Å². The first-order valence-electron chi connectivity index (χ1n) is 11.0. The summed E-state index contributed by atoms with van der Waals surface area (Å²) in [5, 5.41) is 14.1. The van der Waals surface area contributed by atoms with Crippen molar-refractivity contribution >= 4 is 0 Å². The highest BCUT2D eigenvalue weighted by Gasteiger charge is 2.42. The van der Waals surface area contributed by atoms with E-state index in [9.17, 15) is 5.11 Å². The van der Waals surface area contributed by atoms with E-state index in [1.165, 1.54) is 17.5 Å². The Labute approximate surface area is 171 Å². The van der Waals surface area contributed by atoms with Crippen molar-refractivity contribution < 1.29 is 5.11 Å². The minimum Gasteiger partial charge on any atom is -0.392 e. The Morgan fingerprint density at radius 1 is 1.21 bits per heavy atom. The predicted octanol–water partition coefficient (Wildman–Crippen LogP) is 3.97. The molecule has 0 aliphatic heterocycles. The molecule has 3 heteroatoms. The third-order valence-corrected chi connectivity index (χ3v) is 6.35. The van der Waals surface area contributed by atoms with Crippen LogP contribution in [0.2, 0.25) is 0 Å². The van der Waals surface area contributed by atoms with Gasteiger partial charge in [-0.3, -0.25) is 0 Å². The lowest BCUT2D eigenvalue weighted by Gasteiger charge is -2.18. The number of rotatable bonds is 10. The van der Waals surface area contributed by atoms with Gasteiger partial charge < -0.3 is 15.3 Å². The van der Waals surface area contributed by atoms with Crippen LogP contribution in [0.25, 0.3) is 0 Å². The smallest absolute Gasteiger partial charge is 0.0611 e. The zero-order valence-electron chi connectivity index (χ0n) is 17.9. The summed E-state index contributed by atoms with van der Waals surface area (Å²) in [5.41, 5.74) is 4.33. The normalized spacial score (nSPS) is 27.0. The highest BCUT2D eigenvalue weighted by Crippen LogP contribution is 2.47. The number of nitrogens with zero attached hydrogens (tertiary/aromatic N) is 1. The fourth-order valence-corrected chi connectivity index (χ4v) is 4.84. The van der Waals surface area contributed by atoms with Crippen molar-refractivity contribution in [2.24, 2.45) is 17.8 Å². The molecule has 0 aromatic heterocycles. The summed E-state index contributed by atoms with van der Waals surface area (Å²) < 4.78 is 0. The molecule has 2 N–H and O–H groups in total. The number of benzene rings is 1. The first-order valence-corrected chi connectivity index (χ1v) is 11.0. The van der Waals surface area contributed by atoms with Gasteiger partial charge in [-0.15, -0.1) is 0 Å². The number of aliphatic hydroxyl groups excluding tert-OH is 1. The number of nitrogens with one attached hydrogen (secondary N) is 1. The summed E-state index contributed by atoms with van der Waals surface area (Å²) in [5.74, 6) is 1.53. The lowest BCUT2D eigenvalue weighted by Crippen LogP contribution is -2.27. The van der Waals surface area contributed by atoms with E-state index in [0.29, 0.717) is 17.8 Å². The lowest BCUT2D eigenvalue weighted by molar-refractivity contribution is 0.141. The molecule has 3 rings (SSSR count). The monoisotopic (exact) mass is 382 g/mol. The minimum absolute atomic E-state index is 0.166. The molecule has 0 heterocycles. The fourth-order valence-electron chi connectivity index (χ4n) is 4.84. The van der Waals surface area contributed by atoms with Crippen LogP contribution in [0.4, 0.5) is 0 Å². The van der Waals surface area contributed by atoms with Crippen LogP contribution in [0.5, 0.6) is 0 Å². The van der Waals surface area contributed by atoms with Gasteiger partial charge in [0, 0.05) is 19.0 Å². The Kier molecular flexibility index (Phi) is 7.90. The molecule has 1 aromatic carbocycles. The highest BCUT2D eigenvalue weighted by atomic mass is 16.3. The SMILES string of the molecule is Cc1cccc(CC/C=C/[C@@H]2[C@H]3CC(CCNCCN(C)C)=C[C@H]3C[C@H]2O)c1. The summed E-state index contributed by atoms with van der Waals surface area (Å²) in [6.45, 7) is 5.36. The van der Waals surface area contributed by atoms with Crippen molar-refractivity contribution in [1.29, 1.82) is 0 Å². The molecule has 28 heavy (non-hydrogen) atoms. The van der Waals surface area contributed by atoms with Gasteiger partial charge in [0.1, 0.15) is 0 Å². The van der Waals surface area contributed by atoms with Gasteiger partial charge >= 0.3 is 0 Å². The van der Waals surface area contributed by atoms with Crippen molar-refractivity contribution in [3.8, 4) is 0 Å². The largest absolute Gasteiger partial charge is 0.392 e. The van der Waals surface area contributed by atoms with Crippen LogP contribution in [0.15, 0.2) is 48.1 Å². The van der Waals surface area contributed by atoms with E-state index >= 15 is 0 Å². The Morgan fingerprint density at radius 2 is 2.07 bits per heavy atom. The second-order valence-electron chi connectivity index (χ2n) is 9.00. The fraction of sp³-hybridized carbons (Fsp3) is 0.600. The molecule has 1 fully saturated rings. The number of fused-ring (bicyclic) bond motifs is 1. The molecule has 3 nitrogen and oxygen atoms in total. The Balaban J connectivity index is 1.42. The molecule has 2 aliphatic carbocycles. The van der Waals surface area contributed by atoms with E-state index < -0.39 is 0 Å². The van der Waals surface area contributed by atoms with Crippen LogP contribution in [-0.4, -0.2) is 49.8 Å².